The van der Waals surface area contributed by atoms with E-state index < -0.39 is 10.0 Å². The summed E-state index contributed by atoms with van der Waals surface area (Å²) in [6.07, 6.45) is 4.68. The van der Waals surface area contributed by atoms with Crippen molar-refractivity contribution in [2.75, 3.05) is 4.72 Å². The first-order chi connectivity index (χ1) is 14.5. The number of ether oxygens (including phenoxy) is 1. The maximum absolute atomic E-state index is 12.4. The molecule has 4 rings (SSSR count). The molecule has 7 nitrogen and oxygen atoms in total. The summed E-state index contributed by atoms with van der Waals surface area (Å²) >= 11 is 0. The molecular formula is C22H21N3O4S. The smallest absolute Gasteiger partial charge is 0.261 e. The molecular weight excluding hydrogens is 402 g/mol. The minimum absolute atomic E-state index is 0.131. The molecule has 0 saturated heterocycles. The van der Waals surface area contributed by atoms with Crippen LogP contribution < -0.4 is 14.8 Å². The van der Waals surface area contributed by atoms with Gasteiger partial charge in [-0.1, -0.05) is 18.2 Å². The first-order valence-corrected chi connectivity index (χ1v) is 11.1. The van der Waals surface area contributed by atoms with Crippen LogP contribution in [0.5, 0.6) is 11.6 Å². The summed E-state index contributed by atoms with van der Waals surface area (Å²) < 4.78 is 32.9. The van der Waals surface area contributed by atoms with Crippen molar-refractivity contribution < 1.29 is 17.9 Å². The number of benzene rings is 2. The molecule has 0 aliphatic heterocycles. The van der Waals surface area contributed by atoms with Gasteiger partial charge in [0.2, 0.25) is 5.88 Å². The molecule has 0 radical (unpaired) electrons. The van der Waals surface area contributed by atoms with Crippen molar-refractivity contribution in [3.63, 3.8) is 0 Å². The largest absolute Gasteiger partial charge is 0.439 e. The molecule has 1 aliphatic carbocycles. The third kappa shape index (κ3) is 4.77. The molecule has 2 aromatic carbocycles. The van der Waals surface area contributed by atoms with Crippen LogP contribution in [0.2, 0.25) is 0 Å². The van der Waals surface area contributed by atoms with Crippen molar-refractivity contribution in [3.05, 3.63) is 78.5 Å². The highest BCUT2D eigenvalue weighted by Gasteiger charge is 2.20. The van der Waals surface area contributed by atoms with E-state index in [4.69, 9.17) is 4.74 Å². The Morgan fingerprint density at radius 2 is 1.70 bits per heavy atom. The highest BCUT2D eigenvalue weighted by Crippen LogP contribution is 2.23. The van der Waals surface area contributed by atoms with Gasteiger partial charge in [-0.2, -0.15) is 0 Å². The summed E-state index contributed by atoms with van der Waals surface area (Å²) in [5.41, 5.74) is 0.905. The molecule has 1 aliphatic rings. The number of carbonyl (C=O) groups is 1. The average molecular weight is 423 g/mol. The first kappa shape index (κ1) is 19.9. The van der Waals surface area contributed by atoms with Crippen molar-refractivity contribution in [2.24, 2.45) is 0 Å². The molecule has 0 atom stereocenters. The Bertz CT molecular complexity index is 1110. The van der Waals surface area contributed by atoms with Crippen LogP contribution in [0, 0.1) is 0 Å². The van der Waals surface area contributed by atoms with E-state index in [-0.39, 0.29) is 16.8 Å². The highest BCUT2D eigenvalue weighted by molar-refractivity contribution is 7.92. The van der Waals surface area contributed by atoms with Crippen LogP contribution in [-0.2, 0) is 10.0 Å². The average Bonchev–Trinajstić information content (AvgIpc) is 2.73. The van der Waals surface area contributed by atoms with Gasteiger partial charge in [-0.15, -0.1) is 0 Å². The van der Waals surface area contributed by atoms with E-state index in [0.717, 1.165) is 19.3 Å². The quantitative estimate of drug-likeness (QED) is 0.600. The van der Waals surface area contributed by atoms with Crippen molar-refractivity contribution >= 4 is 21.6 Å². The van der Waals surface area contributed by atoms with E-state index in [1.165, 1.54) is 18.3 Å². The molecule has 8 heteroatoms. The summed E-state index contributed by atoms with van der Waals surface area (Å²) in [5, 5.41) is 2.96. The van der Waals surface area contributed by atoms with E-state index in [0.29, 0.717) is 22.9 Å². The fourth-order valence-electron chi connectivity index (χ4n) is 2.92. The number of pyridine rings is 1. The van der Waals surface area contributed by atoms with Gasteiger partial charge in [-0.3, -0.25) is 9.52 Å². The third-order valence-corrected chi connectivity index (χ3v) is 6.22. The summed E-state index contributed by atoms with van der Waals surface area (Å²) in [4.78, 5) is 16.5. The Morgan fingerprint density at radius 3 is 2.30 bits per heavy atom. The molecule has 1 fully saturated rings. The number of amides is 1. The number of nitrogens with one attached hydrogen (secondary N) is 2. The van der Waals surface area contributed by atoms with Crippen molar-refractivity contribution in [1.82, 2.24) is 10.3 Å². The Balaban J connectivity index is 1.37. The van der Waals surface area contributed by atoms with E-state index >= 15 is 0 Å². The van der Waals surface area contributed by atoms with Crippen LogP contribution >= 0.6 is 0 Å². The number of rotatable bonds is 7. The molecule has 1 amide bonds. The fourth-order valence-corrected chi connectivity index (χ4v) is 4.00. The second-order valence-electron chi connectivity index (χ2n) is 7.03. The lowest BCUT2D eigenvalue weighted by molar-refractivity contribution is 0.0916. The Morgan fingerprint density at radius 1 is 0.967 bits per heavy atom. The zero-order valence-electron chi connectivity index (χ0n) is 16.1. The van der Waals surface area contributed by atoms with Gasteiger partial charge < -0.3 is 10.1 Å². The lowest BCUT2D eigenvalue weighted by Crippen LogP contribution is -2.39. The predicted octanol–water partition coefficient (Wildman–Crippen LogP) is 3.96. The molecule has 1 saturated carbocycles. The van der Waals surface area contributed by atoms with Crippen molar-refractivity contribution in [2.45, 2.75) is 30.2 Å². The monoisotopic (exact) mass is 423 g/mol. The Labute approximate surface area is 175 Å². The summed E-state index contributed by atoms with van der Waals surface area (Å²) in [5.74, 6) is 0.707. The van der Waals surface area contributed by atoms with Gasteiger partial charge in [0.05, 0.1) is 10.5 Å². The lowest BCUT2D eigenvalue weighted by atomic mass is 9.93. The van der Waals surface area contributed by atoms with Gasteiger partial charge in [0.1, 0.15) is 5.75 Å². The minimum Gasteiger partial charge on any atom is -0.439 e. The molecule has 3 aromatic rings. The standard InChI is InChI=1S/C22H21N3O4S/c26-22(24-17-5-4-6-17)16-9-14-21(23-15-16)29-19-12-10-18(11-13-19)25-30(27,28)20-7-2-1-3-8-20/h1-3,7-15,17,25H,4-6H2,(H,24,26). The van der Waals surface area contributed by atoms with Crippen LogP contribution in [-0.4, -0.2) is 25.4 Å². The van der Waals surface area contributed by atoms with Crippen LogP contribution in [0.1, 0.15) is 29.6 Å². The zero-order valence-corrected chi connectivity index (χ0v) is 16.9. The van der Waals surface area contributed by atoms with Crippen molar-refractivity contribution in [1.29, 1.82) is 0 Å². The molecule has 154 valence electrons. The van der Waals surface area contributed by atoms with E-state index in [2.05, 4.69) is 15.0 Å². The van der Waals surface area contributed by atoms with Gasteiger partial charge in [-0.05, 0) is 61.7 Å². The van der Waals surface area contributed by atoms with Crippen LogP contribution in [0.25, 0.3) is 0 Å². The lowest BCUT2D eigenvalue weighted by Gasteiger charge is -2.26. The summed E-state index contributed by atoms with van der Waals surface area (Å²) in [6, 6.07) is 18.2. The van der Waals surface area contributed by atoms with Gasteiger partial charge in [0, 0.05) is 24.0 Å². The predicted molar refractivity (Wildman–Crippen MR) is 113 cm³/mol. The van der Waals surface area contributed by atoms with Crippen molar-refractivity contribution in [3.8, 4) is 11.6 Å². The second kappa shape index (κ2) is 8.54. The van der Waals surface area contributed by atoms with Crippen LogP contribution in [0.15, 0.2) is 77.8 Å². The third-order valence-electron chi connectivity index (χ3n) is 4.82. The number of aromatic nitrogens is 1. The van der Waals surface area contributed by atoms with Gasteiger partial charge in [-0.25, -0.2) is 13.4 Å². The number of hydrogen-bond acceptors (Lipinski definition) is 5. The minimum atomic E-state index is -3.65. The SMILES string of the molecule is O=C(NC1CCC1)c1ccc(Oc2ccc(NS(=O)(=O)c3ccccc3)cc2)nc1. The Hall–Kier alpha value is -3.39. The molecule has 1 heterocycles. The zero-order chi connectivity index (χ0) is 21.0. The fraction of sp³-hybridized carbons (Fsp3) is 0.182. The Kier molecular flexibility index (Phi) is 5.67. The van der Waals surface area contributed by atoms with Gasteiger partial charge in [0.25, 0.3) is 15.9 Å². The van der Waals surface area contributed by atoms with Gasteiger partial charge >= 0.3 is 0 Å². The van der Waals surface area contributed by atoms with Crippen LogP contribution in [0.4, 0.5) is 5.69 Å². The van der Waals surface area contributed by atoms with Crippen LogP contribution in [0.3, 0.4) is 0 Å². The number of sulfonamides is 1. The maximum atomic E-state index is 12.4. The molecule has 0 unspecified atom stereocenters. The summed E-state index contributed by atoms with van der Waals surface area (Å²) in [6.45, 7) is 0. The maximum Gasteiger partial charge on any atom is 0.261 e. The molecule has 2 N–H and O–H groups in total. The van der Waals surface area contributed by atoms with Gasteiger partial charge in [0.15, 0.2) is 0 Å². The van der Waals surface area contributed by atoms with E-state index in [9.17, 15) is 13.2 Å². The highest BCUT2D eigenvalue weighted by atomic mass is 32.2. The summed E-state index contributed by atoms with van der Waals surface area (Å²) in [7, 11) is -3.65. The van der Waals surface area contributed by atoms with E-state index in [1.807, 2.05) is 0 Å². The second-order valence-corrected chi connectivity index (χ2v) is 8.71. The number of anilines is 1. The molecule has 30 heavy (non-hydrogen) atoms. The number of carbonyl (C=O) groups excluding carboxylic acids is 1. The number of nitrogens with zero attached hydrogens (tertiary/aromatic N) is 1. The molecule has 1 aromatic heterocycles. The molecule has 0 bridgehead atoms. The normalized spacial score (nSPS) is 13.9. The molecule has 0 spiro atoms. The first-order valence-electron chi connectivity index (χ1n) is 9.62. The number of hydrogen-bond donors (Lipinski definition) is 2. The topological polar surface area (TPSA) is 97.4 Å². The van der Waals surface area contributed by atoms with E-state index in [1.54, 1.807) is 54.6 Å².